The number of benzene rings is 1. The number of carbonyl (C=O) groups is 1. The van der Waals surface area contributed by atoms with Crippen LogP contribution in [0, 0.1) is 0 Å². The third-order valence-corrected chi connectivity index (χ3v) is 8.03. The summed E-state index contributed by atoms with van der Waals surface area (Å²) in [5.74, 6) is 0.157. The summed E-state index contributed by atoms with van der Waals surface area (Å²) in [6.45, 7) is 4.44. The van der Waals surface area contributed by atoms with E-state index in [1.54, 1.807) is 6.92 Å². The lowest BCUT2D eigenvalue weighted by atomic mass is 9.72. The Hall–Kier alpha value is -1.44. The van der Waals surface area contributed by atoms with Crippen LogP contribution in [-0.2, 0) is 20.2 Å². The maximum absolute atomic E-state index is 13.4. The topological polar surface area (TPSA) is 69.7 Å². The van der Waals surface area contributed by atoms with Crippen molar-refractivity contribution in [3.8, 4) is 0 Å². The number of nitrogens with one attached hydrogen (secondary N) is 1. The maximum Gasteiger partial charge on any atom is 0.230 e. The van der Waals surface area contributed by atoms with Gasteiger partial charge in [0.1, 0.15) is 0 Å². The molecule has 27 heavy (non-hydrogen) atoms. The zero-order valence-corrected chi connectivity index (χ0v) is 17.2. The van der Waals surface area contributed by atoms with Gasteiger partial charge in [-0.3, -0.25) is 4.79 Å². The lowest BCUT2D eigenvalue weighted by Crippen LogP contribution is -2.55. The number of rotatable bonds is 5. The van der Waals surface area contributed by atoms with E-state index in [0.29, 0.717) is 25.9 Å². The van der Waals surface area contributed by atoms with Crippen molar-refractivity contribution in [2.24, 2.45) is 0 Å². The Labute approximate surface area is 163 Å². The van der Waals surface area contributed by atoms with E-state index in [4.69, 9.17) is 0 Å². The van der Waals surface area contributed by atoms with Gasteiger partial charge in [-0.25, -0.2) is 12.7 Å². The van der Waals surface area contributed by atoms with E-state index in [2.05, 4.69) is 17.3 Å². The summed E-state index contributed by atoms with van der Waals surface area (Å²) in [6.07, 6.45) is 2.97. The molecule has 1 N–H and O–H groups in total. The van der Waals surface area contributed by atoms with Gasteiger partial charge in [-0.1, -0.05) is 30.3 Å². The number of hydrogen-bond donors (Lipinski definition) is 1. The molecular weight excluding hydrogens is 362 g/mol. The minimum Gasteiger partial charge on any atom is -0.352 e. The quantitative estimate of drug-likeness (QED) is 0.825. The number of carbonyl (C=O) groups excluding carboxylic acids is 1. The first-order valence-electron chi connectivity index (χ1n) is 9.90. The third kappa shape index (κ3) is 4.36. The Bertz CT molecular complexity index is 735. The number of amides is 1. The zero-order chi connectivity index (χ0) is 19.5. The Morgan fingerprint density at radius 2 is 1.70 bits per heavy atom. The van der Waals surface area contributed by atoms with Crippen molar-refractivity contribution in [1.82, 2.24) is 14.5 Å². The molecule has 0 radical (unpaired) electrons. The van der Waals surface area contributed by atoms with Gasteiger partial charge in [-0.2, -0.15) is 0 Å². The van der Waals surface area contributed by atoms with E-state index in [9.17, 15) is 13.2 Å². The molecule has 0 bridgehead atoms. The fourth-order valence-electron chi connectivity index (χ4n) is 4.21. The normalized spacial score (nSPS) is 22.4. The Kier molecular flexibility index (Phi) is 6.23. The number of likely N-dealkylation sites (tertiary alicyclic amines) is 1. The van der Waals surface area contributed by atoms with Crippen LogP contribution >= 0.6 is 0 Å². The van der Waals surface area contributed by atoms with Crippen LogP contribution in [0.4, 0.5) is 0 Å². The van der Waals surface area contributed by atoms with E-state index in [0.717, 1.165) is 31.5 Å². The molecule has 7 heteroatoms. The van der Waals surface area contributed by atoms with Crippen molar-refractivity contribution in [2.45, 2.75) is 44.1 Å². The average molecular weight is 394 g/mol. The molecule has 2 saturated heterocycles. The molecule has 6 nitrogen and oxygen atoms in total. The molecule has 2 aliphatic heterocycles. The van der Waals surface area contributed by atoms with Gasteiger partial charge >= 0.3 is 0 Å². The summed E-state index contributed by atoms with van der Waals surface area (Å²) in [6, 6.07) is 10.1. The van der Waals surface area contributed by atoms with E-state index in [1.807, 2.05) is 30.3 Å². The summed E-state index contributed by atoms with van der Waals surface area (Å²) in [5.41, 5.74) is 0.341. The highest BCUT2D eigenvalue weighted by Crippen LogP contribution is 2.37. The molecule has 0 saturated carbocycles. The fraction of sp³-hybridized carbons (Fsp3) is 0.650. The summed E-state index contributed by atoms with van der Waals surface area (Å²) in [4.78, 5) is 15.7. The summed E-state index contributed by atoms with van der Waals surface area (Å²) >= 11 is 0. The van der Waals surface area contributed by atoms with Gasteiger partial charge in [0.2, 0.25) is 15.9 Å². The number of nitrogens with zero attached hydrogens (tertiary/aromatic N) is 2. The van der Waals surface area contributed by atoms with Crippen molar-refractivity contribution >= 4 is 15.9 Å². The first-order chi connectivity index (χ1) is 12.9. The van der Waals surface area contributed by atoms with Gasteiger partial charge in [0, 0.05) is 19.1 Å². The molecule has 0 unspecified atom stereocenters. The van der Waals surface area contributed by atoms with Crippen molar-refractivity contribution in [2.75, 3.05) is 39.0 Å². The van der Waals surface area contributed by atoms with E-state index >= 15 is 0 Å². The van der Waals surface area contributed by atoms with Crippen LogP contribution in [0.25, 0.3) is 0 Å². The summed E-state index contributed by atoms with van der Waals surface area (Å²) < 4.78 is 26.0. The maximum atomic E-state index is 13.4. The SMILES string of the molecule is CCS(=O)(=O)N1CCC(C(=O)NC2CCN(C)CC2)(c2ccccc2)CC1. The van der Waals surface area contributed by atoms with Crippen molar-refractivity contribution in [3.05, 3.63) is 35.9 Å². The Balaban J connectivity index is 1.79. The van der Waals surface area contributed by atoms with Crippen LogP contribution in [0.15, 0.2) is 30.3 Å². The smallest absolute Gasteiger partial charge is 0.230 e. The molecular formula is C20H31N3O3S. The van der Waals surface area contributed by atoms with Crippen LogP contribution < -0.4 is 5.32 Å². The molecule has 150 valence electrons. The standard InChI is InChI=1S/C20H31N3O3S/c1-3-27(25,26)23-15-11-20(12-16-23,17-7-5-4-6-8-17)19(24)21-18-9-13-22(2)14-10-18/h4-8,18H,3,9-16H2,1-2H3,(H,21,24). The van der Waals surface area contributed by atoms with E-state index in [-0.39, 0.29) is 17.7 Å². The predicted octanol–water partition coefficient (Wildman–Crippen LogP) is 1.58. The molecule has 2 aliphatic rings. The van der Waals surface area contributed by atoms with Crippen LogP contribution in [0.1, 0.15) is 38.2 Å². The van der Waals surface area contributed by atoms with Gasteiger partial charge in [0.15, 0.2) is 0 Å². The molecule has 0 aromatic heterocycles. The van der Waals surface area contributed by atoms with E-state index in [1.165, 1.54) is 4.31 Å². The van der Waals surface area contributed by atoms with Crippen LogP contribution in [-0.4, -0.2) is 68.6 Å². The molecule has 2 heterocycles. The highest BCUT2D eigenvalue weighted by molar-refractivity contribution is 7.89. The summed E-state index contributed by atoms with van der Waals surface area (Å²) in [5, 5.41) is 3.28. The Morgan fingerprint density at radius 3 is 2.26 bits per heavy atom. The molecule has 3 rings (SSSR count). The van der Waals surface area contributed by atoms with Gasteiger partial charge in [0.25, 0.3) is 0 Å². The largest absolute Gasteiger partial charge is 0.352 e. The lowest BCUT2D eigenvalue weighted by Gasteiger charge is -2.41. The molecule has 0 aliphatic carbocycles. The second-order valence-electron chi connectivity index (χ2n) is 7.80. The highest BCUT2D eigenvalue weighted by Gasteiger charge is 2.45. The molecule has 1 aromatic rings. The lowest BCUT2D eigenvalue weighted by molar-refractivity contribution is -0.129. The number of hydrogen-bond acceptors (Lipinski definition) is 4. The fourth-order valence-corrected chi connectivity index (χ4v) is 5.31. The second kappa shape index (κ2) is 8.29. The van der Waals surface area contributed by atoms with E-state index < -0.39 is 15.4 Å². The number of sulfonamides is 1. The highest BCUT2D eigenvalue weighted by atomic mass is 32.2. The monoisotopic (exact) mass is 393 g/mol. The minimum atomic E-state index is -3.22. The average Bonchev–Trinajstić information content (AvgIpc) is 2.70. The van der Waals surface area contributed by atoms with Crippen molar-refractivity contribution in [3.63, 3.8) is 0 Å². The van der Waals surface area contributed by atoms with Crippen LogP contribution in [0.3, 0.4) is 0 Å². The molecule has 1 amide bonds. The molecule has 2 fully saturated rings. The van der Waals surface area contributed by atoms with Crippen LogP contribution in [0.2, 0.25) is 0 Å². The Morgan fingerprint density at radius 1 is 1.11 bits per heavy atom. The molecule has 1 aromatic carbocycles. The molecule has 0 atom stereocenters. The first-order valence-corrected chi connectivity index (χ1v) is 11.5. The predicted molar refractivity (Wildman–Crippen MR) is 107 cm³/mol. The van der Waals surface area contributed by atoms with Gasteiger partial charge in [0.05, 0.1) is 11.2 Å². The molecule has 0 spiro atoms. The number of piperidine rings is 2. The first kappa shape index (κ1) is 20.3. The zero-order valence-electron chi connectivity index (χ0n) is 16.4. The second-order valence-corrected chi connectivity index (χ2v) is 10.1. The summed E-state index contributed by atoms with van der Waals surface area (Å²) in [7, 11) is -1.11. The van der Waals surface area contributed by atoms with Crippen molar-refractivity contribution in [1.29, 1.82) is 0 Å². The van der Waals surface area contributed by atoms with Gasteiger partial charge in [-0.05, 0) is 58.3 Å². The van der Waals surface area contributed by atoms with Gasteiger partial charge in [-0.15, -0.1) is 0 Å². The minimum absolute atomic E-state index is 0.0526. The van der Waals surface area contributed by atoms with Crippen LogP contribution in [0.5, 0.6) is 0 Å². The third-order valence-electron chi connectivity index (χ3n) is 6.15. The van der Waals surface area contributed by atoms with Gasteiger partial charge < -0.3 is 10.2 Å². The van der Waals surface area contributed by atoms with Crippen molar-refractivity contribution < 1.29 is 13.2 Å².